The fraction of sp³-hybridized carbons (Fsp3) is 1.00. The van der Waals surface area contributed by atoms with Gasteiger partial charge in [-0.1, -0.05) is 51.9 Å². The number of hydrogen-bond acceptors (Lipinski definition) is 2. The van der Waals surface area contributed by atoms with E-state index < -0.39 is 0 Å². The van der Waals surface area contributed by atoms with E-state index in [1.165, 1.54) is 44.9 Å². The maximum Gasteiger partial charge on any atom is 0.0772 e. The molecule has 0 fully saturated rings. The monoisotopic (exact) mass is 229 g/mol. The molecule has 0 heterocycles. The normalized spacial score (nSPS) is 14.1. The van der Waals surface area contributed by atoms with Crippen LogP contribution in [0, 0.1) is 0 Å². The molecule has 0 aliphatic carbocycles. The molecule has 0 aromatic heterocycles. The summed E-state index contributed by atoms with van der Waals surface area (Å²) < 4.78 is 5.38. The lowest BCUT2D eigenvalue weighted by atomic mass is 9.94. The average molecular weight is 229 g/mol. The smallest absolute Gasteiger partial charge is 0.0772 e. The zero-order chi connectivity index (χ0) is 12.4. The van der Waals surface area contributed by atoms with E-state index >= 15 is 0 Å². The molecule has 0 saturated carbocycles. The molecule has 0 rings (SSSR count). The van der Waals surface area contributed by atoms with Crippen LogP contribution in [-0.2, 0) is 4.74 Å². The molecule has 2 nitrogen and oxygen atoms in total. The summed E-state index contributed by atoms with van der Waals surface area (Å²) in [4.78, 5) is 0. The number of ether oxygens (including phenoxy) is 1. The third-order valence-electron chi connectivity index (χ3n) is 3.54. The summed E-state index contributed by atoms with van der Waals surface area (Å²) in [6.45, 7) is 6.39. The van der Waals surface area contributed by atoms with Crippen molar-refractivity contribution in [3.05, 3.63) is 0 Å². The minimum Gasteiger partial charge on any atom is -0.377 e. The van der Waals surface area contributed by atoms with Crippen molar-refractivity contribution in [1.29, 1.82) is 0 Å². The second-order valence-electron chi connectivity index (χ2n) is 5.32. The van der Waals surface area contributed by atoms with E-state index in [2.05, 4.69) is 20.8 Å². The molecular formula is C14H31NO. The molecule has 16 heavy (non-hydrogen) atoms. The van der Waals surface area contributed by atoms with Gasteiger partial charge in [0, 0.05) is 13.2 Å². The zero-order valence-electron chi connectivity index (χ0n) is 11.7. The van der Waals surface area contributed by atoms with Crippen LogP contribution in [-0.4, -0.2) is 18.8 Å². The summed E-state index contributed by atoms with van der Waals surface area (Å²) >= 11 is 0. The van der Waals surface area contributed by atoms with Crippen LogP contribution in [0.4, 0.5) is 0 Å². The average Bonchev–Trinajstić information content (AvgIpc) is 2.27. The van der Waals surface area contributed by atoms with Gasteiger partial charge in [-0.2, -0.15) is 0 Å². The summed E-state index contributed by atoms with van der Waals surface area (Å²) in [7, 11) is 1.74. The third kappa shape index (κ3) is 7.24. The first-order chi connectivity index (χ1) is 7.54. The number of unbranched alkanes of at least 4 members (excludes halogenated alkanes) is 6. The Bertz CT molecular complexity index is 157. The fourth-order valence-corrected chi connectivity index (χ4v) is 1.82. The van der Waals surface area contributed by atoms with Crippen LogP contribution in [0.15, 0.2) is 0 Å². The maximum atomic E-state index is 6.10. The van der Waals surface area contributed by atoms with Gasteiger partial charge in [0.25, 0.3) is 0 Å². The quantitative estimate of drug-likeness (QED) is 0.577. The number of methoxy groups -OCH3 is 1. The summed E-state index contributed by atoms with van der Waals surface area (Å²) in [6, 6.07) is 0.160. The molecule has 0 radical (unpaired) electrons. The minimum absolute atomic E-state index is 0.160. The topological polar surface area (TPSA) is 35.2 Å². The molecule has 0 aromatic rings. The van der Waals surface area contributed by atoms with Gasteiger partial charge in [-0.25, -0.2) is 0 Å². The predicted octanol–water partition coefficient (Wildman–Crippen LogP) is 3.88. The molecule has 2 N–H and O–H groups in total. The highest BCUT2D eigenvalue weighted by atomic mass is 16.5. The Morgan fingerprint density at radius 3 is 2.00 bits per heavy atom. The van der Waals surface area contributed by atoms with Gasteiger partial charge in [0.05, 0.1) is 5.60 Å². The van der Waals surface area contributed by atoms with Gasteiger partial charge in [-0.05, 0) is 20.3 Å². The van der Waals surface area contributed by atoms with Gasteiger partial charge >= 0.3 is 0 Å². The molecule has 0 aliphatic rings. The Morgan fingerprint density at radius 1 is 1.00 bits per heavy atom. The Hall–Kier alpha value is -0.0800. The van der Waals surface area contributed by atoms with E-state index in [1.54, 1.807) is 7.11 Å². The van der Waals surface area contributed by atoms with Crippen molar-refractivity contribution in [2.24, 2.45) is 5.73 Å². The molecule has 0 spiro atoms. The van der Waals surface area contributed by atoms with Crippen LogP contribution in [0.3, 0.4) is 0 Å². The molecule has 1 unspecified atom stereocenters. The van der Waals surface area contributed by atoms with Crippen molar-refractivity contribution >= 4 is 0 Å². The first-order valence-corrected chi connectivity index (χ1v) is 6.85. The Labute approximate surface area is 102 Å². The third-order valence-corrected chi connectivity index (χ3v) is 3.54. The number of rotatable bonds is 10. The lowest BCUT2D eigenvalue weighted by molar-refractivity contribution is -0.00202. The minimum atomic E-state index is -0.178. The van der Waals surface area contributed by atoms with E-state index in [4.69, 9.17) is 10.5 Å². The van der Waals surface area contributed by atoms with Crippen LogP contribution in [0.2, 0.25) is 0 Å². The maximum absolute atomic E-state index is 6.10. The van der Waals surface area contributed by atoms with Crippen LogP contribution >= 0.6 is 0 Å². The van der Waals surface area contributed by atoms with Crippen molar-refractivity contribution < 1.29 is 4.74 Å². The van der Waals surface area contributed by atoms with Gasteiger partial charge in [0.2, 0.25) is 0 Å². The lowest BCUT2D eigenvalue weighted by Gasteiger charge is -2.30. The van der Waals surface area contributed by atoms with Gasteiger partial charge in [-0.3, -0.25) is 0 Å². The van der Waals surface area contributed by atoms with E-state index in [1.807, 2.05) is 0 Å². The highest BCUT2D eigenvalue weighted by Crippen LogP contribution is 2.17. The number of hydrogen-bond donors (Lipinski definition) is 1. The Balaban J connectivity index is 3.38. The summed E-state index contributed by atoms with van der Waals surface area (Å²) in [5.74, 6) is 0. The largest absolute Gasteiger partial charge is 0.377 e. The standard InChI is InChI=1S/C14H31NO/c1-5-6-7-8-9-10-11-12-13(15)14(2,3)16-4/h13H,5-12,15H2,1-4H3. The van der Waals surface area contributed by atoms with Gasteiger partial charge in [0.1, 0.15) is 0 Å². The molecule has 0 saturated heterocycles. The lowest BCUT2D eigenvalue weighted by Crippen LogP contribution is -2.44. The van der Waals surface area contributed by atoms with Crippen molar-refractivity contribution in [3.63, 3.8) is 0 Å². The first-order valence-electron chi connectivity index (χ1n) is 6.85. The van der Waals surface area contributed by atoms with E-state index in [-0.39, 0.29) is 11.6 Å². The number of nitrogens with two attached hydrogens (primary N) is 1. The van der Waals surface area contributed by atoms with Crippen molar-refractivity contribution in [1.82, 2.24) is 0 Å². The molecule has 0 aliphatic heterocycles. The van der Waals surface area contributed by atoms with Crippen molar-refractivity contribution in [2.45, 2.75) is 83.8 Å². The van der Waals surface area contributed by atoms with Crippen LogP contribution < -0.4 is 5.73 Å². The van der Waals surface area contributed by atoms with Gasteiger partial charge in [-0.15, -0.1) is 0 Å². The molecule has 0 aromatic carbocycles. The summed E-state index contributed by atoms with van der Waals surface area (Å²) in [5.41, 5.74) is 5.92. The summed E-state index contributed by atoms with van der Waals surface area (Å²) in [5, 5.41) is 0. The highest BCUT2D eigenvalue weighted by Gasteiger charge is 2.24. The SMILES string of the molecule is CCCCCCCCCC(N)C(C)(C)OC. The van der Waals surface area contributed by atoms with E-state index in [0.29, 0.717) is 0 Å². The predicted molar refractivity (Wildman–Crippen MR) is 71.7 cm³/mol. The molecule has 98 valence electrons. The van der Waals surface area contributed by atoms with Crippen molar-refractivity contribution in [3.8, 4) is 0 Å². The fourth-order valence-electron chi connectivity index (χ4n) is 1.82. The second-order valence-corrected chi connectivity index (χ2v) is 5.32. The zero-order valence-corrected chi connectivity index (χ0v) is 11.7. The molecule has 2 heteroatoms. The molecule has 1 atom stereocenters. The van der Waals surface area contributed by atoms with Crippen molar-refractivity contribution in [2.75, 3.05) is 7.11 Å². The van der Waals surface area contributed by atoms with Crippen LogP contribution in [0.25, 0.3) is 0 Å². The molecular weight excluding hydrogens is 198 g/mol. The summed E-state index contributed by atoms with van der Waals surface area (Å²) in [6.07, 6.45) is 10.5. The van der Waals surface area contributed by atoms with Crippen LogP contribution in [0.5, 0.6) is 0 Å². The van der Waals surface area contributed by atoms with E-state index in [9.17, 15) is 0 Å². The van der Waals surface area contributed by atoms with Gasteiger partial charge < -0.3 is 10.5 Å². The Morgan fingerprint density at radius 2 is 1.50 bits per heavy atom. The molecule has 0 amide bonds. The molecule has 0 bridgehead atoms. The van der Waals surface area contributed by atoms with E-state index in [0.717, 1.165) is 6.42 Å². The van der Waals surface area contributed by atoms with Crippen LogP contribution in [0.1, 0.15) is 72.1 Å². The second kappa shape index (κ2) is 9.00. The highest BCUT2D eigenvalue weighted by molar-refractivity contribution is 4.81. The Kier molecular flexibility index (Phi) is 8.96. The first kappa shape index (κ1) is 15.9. The van der Waals surface area contributed by atoms with Gasteiger partial charge in [0.15, 0.2) is 0 Å².